The highest BCUT2D eigenvalue weighted by molar-refractivity contribution is 5.28. The average molecular weight is 287 g/mol. The van der Waals surface area contributed by atoms with Gasteiger partial charge in [0.15, 0.2) is 0 Å². The first kappa shape index (κ1) is 15.6. The van der Waals surface area contributed by atoms with Crippen molar-refractivity contribution in [2.45, 2.75) is 40.4 Å². The summed E-state index contributed by atoms with van der Waals surface area (Å²) in [6.45, 7) is 9.73. The monoisotopic (exact) mass is 287 g/mol. The first-order valence-electron chi connectivity index (χ1n) is 7.61. The lowest BCUT2D eigenvalue weighted by Crippen LogP contribution is -2.12. The summed E-state index contributed by atoms with van der Waals surface area (Å²) >= 11 is 0. The van der Waals surface area contributed by atoms with E-state index in [1.807, 2.05) is 23.0 Å². The van der Waals surface area contributed by atoms with E-state index in [-0.39, 0.29) is 0 Å². The number of ether oxygens (including phenoxy) is 1. The Kier molecular flexibility index (Phi) is 5.81. The van der Waals surface area contributed by atoms with Crippen LogP contribution in [0.25, 0.3) is 0 Å². The maximum Gasteiger partial charge on any atom is 0.119 e. The molecule has 0 atom stereocenters. The second-order valence-corrected chi connectivity index (χ2v) is 5.66. The van der Waals surface area contributed by atoms with Crippen LogP contribution >= 0.6 is 0 Å². The highest BCUT2D eigenvalue weighted by atomic mass is 16.5. The summed E-state index contributed by atoms with van der Waals surface area (Å²) in [7, 11) is 0. The summed E-state index contributed by atoms with van der Waals surface area (Å²) in [4.78, 5) is 0. The number of aryl methyl sites for hydroxylation is 1. The van der Waals surface area contributed by atoms with Gasteiger partial charge in [-0.2, -0.15) is 5.10 Å². The van der Waals surface area contributed by atoms with Crippen molar-refractivity contribution in [3.63, 3.8) is 0 Å². The molecule has 1 N–H and O–H groups in total. The zero-order valence-electron chi connectivity index (χ0n) is 13.2. The molecule has 0 aliphatic rings. The quantitative estimate of drug-likeness (QED) is 0.810. The number of benzene rings is 1. The van der Waals surface area contributed by atoms with E-state index in [0.29, 0.717) is 5.92 Å². The van der Waals surface area contributed by atoms with E-state index in [9.17, 15) is 0 Å². The standard InChI is InChI=1S/C17H25N3O/c1-4-20-12-16(11-19-20)10-18-9-15-6-5-7-17(8-15)21-13-14(2)3/h5-8,11-12,14,18H,4,9-10,13H2,1-3H3. The Labute approximate surface area is 127 Å². The summed E-state index contributed by atoms with van der Waals surface area (Å²) in [5.41, 5.74) is 2.45. The Hall–Kier alpha value is -1.81. The fraction of sp³-hybridized carbons (Fsp3) is 0.471. The second kappa shape index (κ2) is 7.84. The molecule has 0 aliphatic heterocycles. The molecule has 0 spiro atoms. The molecule has 4 heteroatoms. The molecule has 114 valence electrons. The van der Waals surface area contributed by atoms with Gasteiger partial charge < -0.3 is 10.1 Å². The van der Waals surface area contributed by atoms with Crippen LogP contribution in [0.2, 0.25) is 0 Å². The number of nitrogens with zero attached hydrogens (tertiary/aromatic N) is 2. The van der Waals surface area contributed by atoms with E-state index in [1.165, 1.54) is 11.1 Å². The maximum absolute atomic E-state index is 5.75. The van der Waals surface area contributed by atoms with Gasteiger partial charge in [0, 0.05) is 31.4 Å². The Morgan fingerprint density at radius 1 is 1.24 bits per heavy atom. The molecule has 0 radical (unpaired) electrons. The molecule has 2 aromatic rings. The van der Waals surface area contributed by atoms with Gasteiger partial charge in [-0.15, -0.1) is 0 Å². The third kappa shape index (κ3) is 5.23. The highest BCUT2D eigenvalue weighted by Gasteiger charge is 2.00. The van der Waals surface area contributed by atoms with Crippen molar-refractivity contribution in [2.24, 2.45) is 5.92 Å². The minimum Gasteiger partial charge on any atom is -0.493 e. The predicted octanol–water partition coefficient (Wildman–Crippen LogP) is 3.23. The van der Waals surface area contributed by atoms with E-state index in [1.54, 1.807) is 0 Å². The van der Waals surface area contributed by atoms with Gasteiger partial charge in [-0.3, -0.25) is 4.68 Å². The van der Waals surface area contributed by atoms with Gasteiger partial charge in [-0.25, -0.2) is 0 Å². The van der Waals surface area contributed by atoms with Gasteiger partial charge in [0.1, 0.15) is 5.75 Å². The average Bonchev–Trinajstić information content (AvgIpc) is 2.94. The van der Waals surface area contributed by atoms with Crippen molar-refractivity contribution >= 4 is 0 Å². The van der Waals surface area contributed by atoms with Crippen LogP contribution in [0.15, 0.2) is 36.7 Å². The van der Waals surface area contributed by atoms with Crippen LogP contribution in [0, 0.1) is 5.92 Å². The third-order valence-corrected chi connectivity index (χ3v) is 3.15. The van der Waals surface area contributed by atoms with Gasteiger partial charge in [0.2, 0.25) is 0 Å². The van der Waals surface area contributed by atoms with Crippen molar-refractivity contribution in [2.75, 3.05) is 6.61 Å². The molecule has 21 heavy (non-hydrogen) atoms. The van der Waals surface area contributed by atoms with E-state index in [4.69, 9.17) is 4.74 Å². The molecule has 0 saturated heterocycles. The molecule has 0 aliphatic carbocycles. The van der Waals surface area contributed by atoms with Crippen LogP contribution in [0.3, 0.4) is 0 Å². The van der Waals surface area contributed by atoms with E-state index >= 15 is 0 Å². The number of nitrogens with one attached hydrogen (secondary N) is 1. The number of aromatic nitrogens is 2. The highest BCUT2D eigenvalue weighted by Crippen LogP contribution is 2.14. The number of rotatable bonds is 8. The third-order valence-electron chi connectivity index (χ3n) is 3.15. The minimum absolute atomic E-state index is 0.543. The summed E-state index contributed by atoms with van der Waals surface area (Å²) in [6, 6.07) is 8.27. The van der Waals surface area contributed by atoms with Crippen LogP contribution in [-0.4, -0.2) is 16.4 Å². The molecule has 4 nitrogen and oxygen atoms in total. The molecular weight excluding hydrogens is 262 g/mol. The van der Waals surface area contributed by atoms with Crippen LogP contribution in [-0.2, 0) is 19.6 Å². The Bertz CT molecular complexity index is 548. The molecule has 1 heterocycles. The summed E-state index contributed by atoms with van der Waals surface area (Å²) < 4.78 is 7.69. The van der Waals surface area contributed by atoms with Gasteiger partial charge in [0.25, 0.3) is 0 Å². The Balaban J connectivity index is 1.81. The zero-order chi connectivity index (χ0) is 15.1. The second-order valence-electron chi connectivity index (χ2n) is 5.66. The fourth-order valence-corrected chi connectivity index (χ4v) is 2.03. The largest absolute Gasteiger partial charge is 0.493 e. The van der Waals surface area contributed by atoms with E-state index < -0.39 is 0 Å². The topological polar surface area (TPSA) is 39.1 Å². The van der Waals surface area contributed by atoms with Crippen molar-refractivity contribution < 1.29 is 4.74 Å². The van der Waals surface area contributed by atoms with Crippen molar-refractivity contribution in [3.05, 3.63) is 47.8 Å². The smallest absolute Gasteiger partial charge is 0.119 e. The molecule has 2 rings (SSSR count). The lowest BCUT2D eigenvalue weighted by Gasteiger charge is -2.10. The lowest BCUT2D eigenvalue weighted by molar-refractivity contribution is 0.271. The van der Waals surface area contributed by atoms with Crippen molar-refractivity contribution in [1.82, 2.24) is 15.1 Å². The number of hydrogen-bond donors (Lipinski definition) is 1. The van der Waals surface area contributed by atoms with E-state index in [0.717, 1.165) is 32.0 Å². The zero-order valence-corrected chi connectivity index (χ0v) is 13.2. The van der Waals surface area contributed by atoms with Gasteiger partial charge >= 0.3 is 0 Å². The molecule has 0 bridgehead atoms. The van der Waals surface area contributed by atoms with E-state index in [2.05, 4.69) is 49.5 Å². The molecule has 0 saturated carbocycles. The fourth-order valence-electron chi connectivity index (χ4n) is 2.03. The minimum atomic E-state index is 0.543. The first-order valence-corrected chi connectivity index (χ1v) is 7.61. The summed E-state index contributed by atoms with van der Waals surface area (Å²) in [6.07, 6.45) is 3.99. The van der Waals surface area contributed by atoms with Crippen molar-refractivity contribution in [1.29, 1.82) is 0 Å². The molecule has 1 aromatic heterocycles. The predicted molar refractivity (Wildman–Crippen MR) is 85.2 cm³/mol. The first-order chi connectivity index (χ1) is 10.2. The normalized spacial score (nSPS) is 11.0. The number of hydrogen-bond acceptors (Lipinski definition) is 3. The summed E-state index contributed by atoms with van der Waals surface area (Å²) in [5.74, 6) is 1.49. The summed E-state index contributed by atoms with van der Waals surface area (Å²) in [5, 5.41) is 7.71. The molecule has 0 fully saturated rings. The lowest BCUT2D eigenvalue weighted by atomic mass is 10.2. The van der Waals surface area contributed by atoms with Crippen LogP contribution in [0.1, 0.15) is 31.9 Å². The Morgan fingerprint density at radius 2 is 2.05 bits per heavy atom. The van der Waals surface area contributed by atoms with Gasteiger partial charge in [0.05, 0.1) is 12.8 Å². The Morgan fingerprint density at radius 3 is 2.76 bits per heavy atom. The molecule has 0 unspecified atom stereocenters. The van der Waals surface area contributed by atoms with Crippen molar-refractivity contribution in [3.8, 4) is 5.75 Å². The van der Waals surface area contributed by atoms with Gasteiger partial charge in [-0.05, 0) is 30.5 Å². The van der Waals surface area contributed by atoms with Crippen LogP contribution in [0.5, 0.6) is 5.75 Å². The van der Waals surface area contributed by atoms with Crippen LogP contribution < -0.4 is 10.1 Å². The molecular formula is C17H25N3O. The molecule has 0 amide bonds. The molecule has 1 aromatic carbocycles. The maximum atomic E-state index is 5.75. The van der Waals surface area contributed by atoms with Gasteiger partial charge in [-0.1, -0.05) is 26.0 Å². The van der Waals surface area contributed by atoms with Crippen LogP contribution in [0.4, 0.5) is 0 Å². The SMILES string of the molecule is CCn1cc(CNCc2cccc(OCC(C)C)c2)cn1.